The van der Waals surface area contributed by atoms with Crippen molar-refractivity contribution in [2.45, 2.75) is 32.9 Å². The SMILES string of the molecule is CCN(CC)C(=O)CCC(=O)C(F)(F)F. The minimum atomic E-state index is -4.83. The van der Waals surface area contributed by atoms with Crippen molar-refractivity contribution in [2.24, 2.45) is 0 Å². The molecule has 0 aromatic heterocycles. The smallest absolute Gasteiger partial charge is 0.343 e. The highest BCUT2D eigenvalue weighted by Crippen LogP contribution is 2.18. The molecule has 0 radical (unpaired) electrons. The first-order valence-corrected chi connectivity index (χ1v) is 4.70. The Hall–Kier alpha value is -1.07. The van der Waals surface area contributed by atoms with Gasteiger partial charge in [-0.05, 0) is 13.8 Å². The highest BCUT2D eigenvalue weighted by molar-refractivity contribution is 5.88. The normalized spacial score (nSPS) is 11.3. The van der Waals surface area contributed by atoms with Gasteiger partial charge in [-0.3, -0.25) is 9.59 Å². The fourth-order valence-electron chi connectivity index (χ4n) is 1.10. The third-order valence-corrected chi connectivity index (χ3v) is 2.00. The van der Waals surface area contributed by atoms with Gasteiger partial charge in [-0.15, -0.1) is 0 Å². The number of rotatable bonds is 5. The van der Waals surface area contributed by atoms with Gasteiger partial charge >= 0.3 is 6.18 Å². The van der Waals surface area contributed by atoms with Crippen LogP contribution in [0.25, 0.3) is 0 Å². The number of carbonyl (C=O) groups is 2. The average Bonchev–Trinajstić information content (AvgIpc) is 2.14. The molecule has 0 aromatic carbocycles. The Morgan fingerprint density at radius 2 is 1.53 bits per heavy atom. The van der Waals surface area contributed by atoms with E-state index in [1.165, 1.54) is 4.90 Å². The van der Waals surface area contributed by atoms with E-state index in [9.17, 15) is 22.8 Å². The molecule has 6 heteroatoms. The highest BCUT2D eigenvalue weighted by Gasteiger charge is 2.37. The summed E-state index contributed by atoms with van der Waals surface area (Å²) < 4.78 is 35.4. The molecule has 0 saturated carbocycles. The van der Waals surface area contributed by atoms with Crippen molar-refractivity contribution >= 4 is 11.7 Å². The van der Waals surface area contributed by atoms with Crippen LogP contribution in [0.15, 0.2) is 0 Å². The third kappa shape index (κ3) is 4.80. The van der Waals surface area contributed by atoms with Gasteiger partial charge in [0, 0.05) is 25.9 Å². The molecule has 0 fully saturated rings. The monoisotopic (exact) mass is 225 g/mol. The van der Waals surface area contributed by atoms with E-state index in [1.807, 2.05) is 0 Å². The first-order valence-electron chi connectivity index (χ1n) is 4.70. The van der Waals surface area contributed by atoms with E-state index in [0.717, 1.165) is 0 Å². The largest absolute Gasteiger partial charge is 0.449 e. The van der Waals surface area contributed by atoms with Gasteiger partial charge in [-0.25, -0.2) is 0 Å². The lowest BCUT2D eigenvalue weighted by Gasteiger charge is -2.18. The Bertz CT molecular complexity index is 234. The molecular formula is C9H14F3NO2. The molecular weight excluding hydrogens is 211 g/mol. The molecule has 1 amide bonds. The first kappa shape index (κ1) is 13.9. The lowest BCUT2D eigenvalue weighted by molar-refractivity contribution is -0.171. The molecule has 0 saturated heterocycles. The fraction of sp³-hybridized carbons (Fsp3) is 0.778. The standard InChI is InChI=1S/C9H14F3NO2/c1-3-13(4-2)8(15)6-5-7(14)9(10,11)12/h3-6H2,1-2H3. The number of amides is 1. The fourth-order valence-corrected chi connectivity index (χ4v) is 1.10. The van der Waals surface area contributed by atoms with Crippen LogP contribution in [-0.2, 0) is 9.59 Å². The molecule has 0 spiro atoms. The lowest BCUT2D eigenvalue weighted by atomic mass is 10.2. The number of alkyl halides is 3. The van der Waals surface area contributed by atoms with Gasteiger partial charge in [0.05, 0.1) is 0 Å². The predicted molar refractivity (Wildman–Crippen MR) is 48.2 cm³/mol. The Morgan fingerprint density at radius 1 is 1.07 bits per heavy atom. The summed E-state index contributed by atoms with van der Waals surface area (Å²) in [6, 6.07) is 0. The summed E-state index contributed by atoms with van der Waals surface area (Å²) in [4.78, 5) is 23.1. The van der Waals surface area contributed by atoms with Gasteiger partial charge in [0.15, 0.2) is 0 Å². The van der Waals surface area contributed by atoms with E-state index < -0.39 is 24.3 Å². The summed E-state index contributed by atoms with van der Waals surface area (Å²) in [6.45, 7) is 4.34. The zero-order valence-electron chi connectivity index (χ0n) is 8.73. The summed E-state index contributed by atoms with van der Waals surface area (Å²) in [6.07, 6.45) is -5.97. The number of hydrogen-bond donors (Lipinski definition) is 0. The van der Waals surface area contributed by atoms with Crippen LogP contribution in [0.5, 0.6) is 0 Å². The van der Waals surface area contributed by atoms with Gasteiger partial charge in [-0.2, -0.15) is 13.2 Å². The lowest BCUT2D eigenvalue weighted by Crippen LogP contribution is -2.32. The summed E-state index contributed by atoms with van der Waals surface area (Å²) in [7, 11) is 0. The number of carbonyl (C=O) groups excluding carboxylic acids is 2. The Balaban J connectivity index is 4.06. The quantitative estimate of drug-likeness (QED) is 0.715. The van der Waals surface area contributed by atoms with E-state index in [1.54, 1.807) is 13.8 Å². The van der Waals surface area contributed by atoms with Crippen LogP contribution in [0.4, 0.5) is 13.2 Å². The average molecular weight is 225 g/mol. The van der Waals surface area contributed by atoms with Crippen molar-refractivity contribution in [3.05, 3.63) is 0 Å². The molecule has 0 bridgehead atoms. The van der Waals surface area contributed by atoms with Gasteiger partial charge in [0.25, 0.3) is 0 Å². The van der Waals surface area contributed by atoms with E-state index in [4.69, 9.17) is 0 Å². The van der Waals surface area contributed by atoms with E-state index >= 15 is 0 Å². The molecule has 0 atom stereocenters. The molecule has 0 rings (SSSR count). The summed E-state index contributed by atoms with van der Waals surface area (Å²) in [5.41, 5.74) is 0. The zero-order chi connectivity index (χ0) is 12.1. The third-order valence-electron chi connectivity index (χ3n) is 2.00. The maximum atomic E-state index is 11.8. The number of hydrogen-bond acceptors (Lipinski definition) is 2. The summed E-state index contributed by atoms with van der Waals surface area (Å²) in [5, 5.41) is 0. The Labute approximate surface area is 86.2 Å². The van der Waals surface area contributed by atoms with Gasteiger partial charge < -0.3 is 4.90 Å². The minimum absolute atomic E-state index is 0.375. The van der Waals surface area contributed by atoms with Crippen LogP contribution in [0.2, 0.25) is 0 Å². The molecule has 0 aromatic rings. The van der Waals surface area contributed by atoms with E-state index in [0.29, 0.717) is 13.1 Å². The molecule has 3 nitrogen and oxygen atoms in total. The van der Waals surface area contributed by atoms with Crippen molar-refractivity contribution in [1.29, 1.82) is 0 Å². The number of ketones is 1. The Morgan fingerprint density at radius 3 is 1.87 bits per heavy atom. The van der Waals surface area contributed by atoms with E-state index in [-0.39, 0.29) is 6.42 Å². The second-order valence-electron chi connectivity index (χ2n) is 2.99. The Kier molecular flexibility index (Phi) is 5.32. The highest BCUT2D eigenvalue weighted by atomic mass is 19.4. The molecule has 0 N–H and O–H groups in total. The topological polar surface area (TPSA) is 37.4 Å². The predicted octanol–water partition coefficient (Wildman–Crippen LogP) is 1.77. The summed E-state index contributed by atoms with van der Waals surface area (Å²) >= 11 is 0. The van der Waals surface area contributed by atoms with Crippen molar-refractivity contribution in [3.63, 3.8) is 0 Å². The molecule has 0 heterocycles. The molecule has 0 unspecified atom stereocenters. The van der Waals surface area contributed by atoms with Crippen LogP contribution >= 0.6 is 0 Å². The van der Waals surface area contributed by atoms with Crippen LogP contribution in [-0.4, -0.2) is 35.9 Å². The maximum absolute atomic E-state index is 11.8. The van der Waals surface area contributed by atoms with Crippen molar-refractivity contribution < 1.29 is 22.8 Å². The van der Waals surface area contributed by atoms with Crippen LogP contribution in [0, 0.1) is 0 Å². The number of nitrogens with zero attached hydrogens (tertiary/aromatic N) is 1. The number of Topliss-reactive ketones (excluding diaryl/α,β-unsaturated/α-hetero) is 1. The number of halogens is 3. The van der Waals surface area contributed by atoms with Crippen LogP contribution in [0.1, 0.15) is 26.7 Å². The van der Waals surface area contributed by atoms with Crippen molar-refractivity contribution in [2.75, 3.05) is 13.1 Å². The van der Waals surface area contributed by atoms with Crippen LogP contribution in [0.3, 0.4) is 0 Å². The second-order valence-corrected chi connectivity index (χ2v) is 2.99. The second kappa shape index (κ2) is 5.72. The van der Waals surface area contributed by atoms with Crippen LogP contribution < -0.4 is 0 Å². The maximum Gasteiger partial charge on any atom is 0.449 e. The molecule has 0 aliphatic heterocycles. The van der Waals surface area contributed by atoms with Crippen molar-refractivity contribution in [3.8, 4) is 0 Å². The molecule has 0 aliphatic rings. The molecule has 88 valence electrons. The van der Waals surface area contributed by atoms with Gasteiger partial charge in [-0.1, -0.05) is 0 Å². The zero-order valence-corrected chi connectivity index (χ0v) is 8.73. The minimum Gasteiger partial charge on any atom is -0.343 e. The van der Waals surface area contributed by atoms with Gasteiger partial charge in [0.2, 0.25) is 11.7 Å². The van der Waals surface area contributed by atoms with Gasteiger partial charge in [0.1, 0.15) is 0 Å². The molecule has 0 aliphatic carbocycles. The van der Waals surface area contributed by atoms with Crippen molar-refractivity contribution in [1.82, 2.24) is 4.90 Å². The first-order chi connectivity index (χ1) is 6.82. The summed E-state index contributed by atoms with van der Waals surface area (Å²) in [5.74, 6) is -2.26. The van der Waals surface area contributed by atoms with E-state index in [2.05, 4.69) is 0 Å². The molecule has 15 heavy (non-hydrogen) atoms.